The summed E-state index contributed by atoms with van der Waals surface area (Å²) in [5.41, 5.74) is 3.52. The van der Waals surface area contributed by atoms with Crippen molar-refractivity contribution in [3.63, 3.8) is 0 Å². The highest BCUT2D eigenvalue weighted by Crippen LogP contribution is 2.29. The molecule has 6 nitrogen and oxygen atoms in total. The van der Waals surface area contributed by atoms with Gasteiger partial charge in [-0.25, -0.2) is 9.78 Å². The van der Waals surface area contributed by atoms with Crippen LogP contribution in [0.4, 0.5) is 16.2 Å². The molecule has 0 atom stereocenters. The quantitative estimate of drug-likeness (QED) is 0.388. The average Bonchev–Trinajstić information content (AvgIpc) is 2.75. The molecule has 4 aromatic rings. The summed E-state index contributed by atoms with van der Waals surface area (Å²) in [6, 6.07) is 19.7. The second-order valence-electron chi connectivity index (χ2n) is 6.89. The predicted molar refractivity (Wildman–Crippen MR) is 126 cm³/mol. The summed E-state index contributed by atoms with van der Waals surface area (Å²) >= 11 is 7.45. The fourth-order valence-corrected chi connectivity index (χ4v) is 4.03. The number of para-hydroxylation sites is 1. The van der Waals surface area contributed by atoms with Gasteiger partial charge < -0.3 is 10.6 Å². The Morgan fingerprint density at radius 3 is 2.65 bits per heavy atom. The van der Waals surface area contributed by atoms with Gasteiger partial charge in [-0.15, -0.1) is 11.8 Å². The van der Waals surface area contributed by atoms with Gasteiger partial charge in [0, 0.05) is 28.6 Å². The largest absolute Gasteiger partial charge is 0.323 e. The number of aromatic nitrogens is 2. The first-order valence-corrected chi connectivity index (χ1v) is 10.9. The summed E-state index contributed by atoms with van der Waals surface area (Å²) < 4.78 is 1.42. The van der Waals surface area contributed by atoms with Crippen LogP contribution < -0.4 is 16.2 Å². The third-order valence-electron chi connectivity index (χ3n) is 4.50. The molecule has 0 spiro atoms. The highest BCUT2D eigenvalue weighted by atomic mass is 35.5. The Morgan fingerprint density at radius 1 is 1.06 bits per heavy atom. The van der Waals surface area contributed by atoms with E-state index < -0.39 is 0 Å². The number of aryl methyl sites for hydroxylation is 1. The van der Waals surface area contributed by atoms with Gasteiger partial charge in [-0.05, 0) is 43.3 Å². The topological polar surface area (TPSA) is 75.5 Å². The lowest BCUT2D eigenvalue weighted by Crippen LogP contribution is -2.19. The molecular formula is C23H19ClN4O2S. The summed E-state index contributed by atoms with van der Waals surface area (Å²) in [5, 5.41) is 6.18. The van der Waals surface area contributed by atoms with Crippen LogP contribution in [0.15, 0.2) is 82.6 Å². The fraction of sp³-hybridized carbons (Fsp3) is 0.0870. The van der Waals surface area contributed by atoms with Gasteiger partial charge in [0.25, 0.3) is 5.56 Å². The molecule has 0 radical (unpaired) electrons. The molecule has 2 aromatic carbocycles. The average molecular weight is 451 g/mol. The van der Waals surface area contributed by atoms with E-state index in [2.05, 4.69) is 15.6 Å². The number of pyridine rings is 1. The van der Waals surface area contributed by atoms with Gasteiger partial charge in [-0.3, -0.25) is 9.20 Å². The Balaban J connectivity index is 1.47. The van der Waals surface area contributed by atoms with E-state index in [1.165, 1.54) is 22.2 Å². The van der Waals surface area contributed by atoms with Gasteiger partial charge in [-0.1, -0.05) is 41.4 Å². The number of anilines is 2. The molecule has 2 amide bonds. The zero-order valence-electron chi connectivity index (χ0n) is 16.6. The first-order chi connectivity index (χ1) is 15.0. The summed E-state index contributed by atoms with van der Waals surface area (Å²) in [6.45, 7) is 1.99. The molecule has 0 unspecified atom stereocenters. The molecular weight excluding hydrogens is 432 g/mol. The van der Waals surface area contributed by atoms with E-state index in [0.717, 1.165) is 10.5 Å². The first-order valence-electron chi connectivity index (χ1n) is 9.52. The van der Waals surface area contributed by atoms with Crippen molar-refractivity contribution in [3.05, 3.63) is 99.6 Å². The van der Waals surface area contributed by atoms with Crippen molar-refractivity contribution in [2.24, 2.45) is 0 Å². The highest BCUT2D eigenvalue weighted by molar-refractivity contribution is 7.98. The van der Waals surface area contributed by atoms with Crippen LogP contribution in [0.3, 0.4) is 0 Å². The van der Waals surface area contributed by atoms with E-state index >= 15 is 0 Å². The van der Waals surface area contributed by atoms with Gasteiger partial charge >= 0.3 is 6.03 Å². The van der Waals surface area contributed by atoms with E-state index in [1.54, 1.807) is 18.3 Å². The van der Waals surface area contributed by atoms with Gasteiger partial charge in [0.2, 0.25) is 0 Å². The number of fused-ring (bicyclic) bond motifs is 1. The van der Waals surface area contributed by atoms with Gasteiger partial charge in [0.15, 0.2) is 0 Å². The summed E-state index contributed by atoms with van der Waals surface area (Å²) in [4.78, 5) is 30.2. The SMILES string of the molecule is Cc1ccc(NC(=O)Nc2ccccc2SCc2cc(=O)n3cc(Cl)ccc3n2)cc1. The molecule has 2 heterocycles. The molecule has 2 N–H and O–H groups in total. The van der Waals surface area contributed by atoms with Crippen LogP contribution in [-0.2, 0) is 5.75 Å². The second kappa shape index (κ2) is 9.24. The lowest BCUT2D eigenvalue weighted by atomic mass is 10.2. The van der Waals surface area contributed by atoms with Crippen molar-refractivity contribution in [1.82, 2.24) is 9.38 Å². The van der Waals surface area contributed by atoms with E-state index in [4.69, 9.17) is 11.6 Å². The molecule has 8 heteroatoms. The van der Waals surface area contributed by atoms with Gasteiger partial charge in [-0.2, -0.15) is 0 Å². The van der Waals surface area contributed by atoms with Crippen LogP contribution in [0.1, 0.15) is 11.3 Å². The normalized spacial score (nSPS) is 10.8. The molecule has 31 heavy (non-hydrogen) atoms. The maximum absolute atomic E-state index is 12.4. The highest BCUT2D eigenvalue weighted by Gasteiger charge is 2.09. The van der Waals surface area contributed by atoms with Crippen LogP contribution >= 0.6 is 23.4 Å². The lowest BCUT2D eigenvalue weighted by molar-refractivity contribution is 0.262. The Kier molecular flexibility index (Phi) is 6.25. The number of amides is 2. The number of carbonyl (C=O) groups is 1. The molecule has 0 aliphatic carbocycles. The first kappa shape index (κ1) is 21.0. The molecule has 156 valence electrons. The van der Waals surface area contributed by atoms with Crippen molar-refractivity contribution in [3.8, 4) is 0 Å². The number of thioether (sulfide) groups is 1. The minimum absolute atomic E-state index is 0.188. The number of benzene rings is 2. The maximum Gasteiger partial charge on any atom is 0.323 e. The number of rotatable bonds is 5. The summed E-state index contributed by atoms with van der Waals surface area (Å²) in [5.74, 6) is 0.479. The van der Waals surface area contributed by atoms with E-state index in [1.807, 2.05) is 55.5 Å². The molecule has 0 bridgehead atoms. The zero-order chi connectivity index (χ0) is 21.8. The Labute approximate surface area is 188 Å². The molecule has 0 aliphatic heterocycles. The number of halogens is 1. The van der Waals surface area contributed by atoms with Crippen molar-refractivity contribution in [1.29, 1.82) is 0 Å². The minimum Gasteiger partial charge on any atom is -0.308 e. The van der Waals surface area contributed by atoms with Crippen LogP contribution in [0.25, 0.3) is 5.65 Å². The Morgan fingerprint density at radius 2 is 1.84 bits per heavy atom. The standard InChI is InChI=1S/C23H19ClN4O2S/c1-15-6-9-17(10-7-15)26-23(30)27-19-4-2-3-5-20(19)31-14-18-12-22(29)28-13-16(24)8-11-21(28)25-18/h2-13H,14H2,1H3,(H2,26,27,30). The number of nitrogens with one attached hydrogen (secondary N) is 2. The number of urea groups is 1. The molecule has 0 saturated heterocycles. The van der Waals surface area contributed by atoms with Gasteiger partial charge in [0.1, 0.15) is 5.65 Å². The Hall–Kier alpha value is -3.29. The third-order valence-corrected chi connectivity index (χ3v) is 5.83. The van der Waals surface area contributed by atoms with Crippen molar-refractivity contribution < 1.29 is 4.79 Å². The van der Waals surface area contributed by atoms with Crippen LogP contribution in [0.2, 0.25) is 5.02 Å². The molecule has 0 saturated carbocycles. The van der Waals surface area contributed by atoms with Crippen molar-refractivity contribution in [2.75, 3.05) is 10.6 Å². The maximum atomic E-state index is 12.4. The Bertz CT molecular complexity index is 1310. The zero-order valence-corrected chi connectivity index (χ0v) is 18.2. The molecule has 0 fully saturated rings. The minimum atomic E-state index is -0.323. The molecule has 2 aromatic heterocycles. The van der Waals surface area contributed by atoms with E-state index in [9.17, 15) is 9.59 Å². The smallest absolute Gasteiger partial charge is 0.308 e. The third kappa shape index (κ3) is 5.25. The van der Waals surface area contributed by atoms with Crippen LogP contribution in [0.5, 0.6) is 0 Å². The summed E-state index contributed by atoms with van der Waals surface area (Å²) in [7, 11) is 0. The number of nitrogens with zero attached hydrogens (tertiary/aromatic N) is 2. The fourth-order valence-electron chi connectivity index (χ4n) is 2.97. The van der Waals surface area contributed by atoms with Crippen molar-refractivity contribution in [2.45, 2.75) is 17.6 Å². The van der Waals surface area contributed by atoms with Gasteiger partial charge in [0.05, 0.1) is 16.4 Å². The monoisotopic (exact) mass is 450 g/mol. The second-order valence-corrected chi connectivity index (χ2v) is 8.34. The van der Waals surface area contributed by atoms with Crippen LogP contribution in [0, 0.1) is 6.92 Å². The lowest BCUT2D eigenvalue weighted by Gasteiger charge is -2.12. The molecule has 0 aliphatic rings. The van der Waals surface area contributed by atoms with E-state index in [0.29, 0.717) is 33.5 Å². The predicted octanol–water partition coefficient (Wildman–Crippen LogP) is 5.59. The molecule has 4 rings (SSSR count). The van der Waals surface area contributed by atoms with Crippen LogP contribution in [-0.4, -0.2) is 15.4 Å². The summed E-state index contributed by atoms with van der Waals surface area (Å²) in [6.07, 6.45) is 1.55. The van der Waals surface area contributed by atoms with E-state index in [-0.39, 0.29) is 11.6 Å². The van der Waals surface area contributed by atoms with Crippen molar-refractivity contribution >= 4 is 46.4 Å². The number of carbonyl (C=O) groups excluding carboxylic acids is 1. The number of hydrogen-bond acceptors (Lipinski definition) is 4. The number of hydrogen-bond donors (Lipinski definition) is 2.